The van der Waals surface area contributed by atoms with Crippen molar-refractivity contribution in [2.75, 3.05) is 0 Å². The highest BCUT2D eigenvalue weighted by Crippen LogP contribution is 2.29. The molecule has 1 aromatic heterocycles. The summed E-state index contributed by atoms with van der Waals surface area (Å²) >= 11 is 0. The summed E-state index contributed by atoms with van der Waals surface area (Å²) in [4.78, 5) is 3.98. The Morgan fingerprint density at radius 3 is 2.76 bits per heavy atom. The van der Waals surface area contributed by atoms with Gasteiger partial charge in [0.25, 0.3) is 0 Å². The van der Waals surface area contributed by atoms with Crippen LogP contribution in [-0.4, -0.2) is 10.1 Å². The summed E-state index contributed by atoms with van der Waals surface area (Å²) in [6.45, 7) is 2.21. The zero-order valence-electron chi connectivity index (χ0n) is 12.4. The maximum atomic E-state index is 9.85. The van der Waals surface area contributed by atoms with Crippen LogP contribution in [0.25, 0.3) is 0 Å². The maximum Gasteiger partial charge on any atom is 0.143 e. The van der Waals surface area contributed by atoms with Gasteiger partial charge in [-0.2, -0.15) is 0 Å². The second kappa shape index (κ2) is 8.15. The van der Waals surface area contributed by atoms with E-state index >= 15 is 0 Å². The smallest absolute Gasteiger partial charge is 0.143 e. The molecule has 0 aliphatic heterocycles. The highest BCUT2D eigenvalue weighted by Gasteiger charge is 2.02. The fourth-order valence-corrected chi connectivity index (χ4v) is 2.09. The predicted molar refractivity (Wildman–Crippen MR) is 84.4 cm³/mol. The average molecular weight is 283 g/mol. The third-order valence-electron chi connectivity index (χ3n) is 3.28. The van der Waals surface area contributed by atoms with Gasteiger partial charge in [-0.1, -0.05) is 32.3 Å². The summed E-state index contributed by atoms with van der Waals surface area (Å²) in [6, 6.07) is 9.17. The topological polar surface area (TPSA) is 57.8 Å². The van der Waals surface area contributed by atoms with Gasteiger partial charge >= 0.3 is 0 Å². The molecule has 0 saturated carbocycles. The molecule has 4 nitrogen and oxygen atoms in total. The molecule has 21 heavy (non-hydrogen) atoms. The SMILES string of the molecule is CCCCCCc1ccc(O)c(N=Nc2cccnc2)c1. The van der Waals surface area contributed by atoms with E-state index in [1.54, 1.807) is 24.5 Å². The maximum absolute atomic E-state index is 9.85. The molecule has 0 spiro atoms. The van der Waals surface area contributed by atoms with Crippen molar-refractivity contribution < 1.29 is 5.11 Å². The summed E-state index contributed by atoms with van der Waals surface area (Å²) in [5.74, 6) is 0.153. The lowest BCUT2D eigenvalue weighted by Crippen LogP contribution is -1.85. The molecule has 1 aromatic carbocycles. The number of unbranched alkanes of at least 4 members (excludes halogenated alkanes) is 3. The fourth-order valence-electron chi connectivity index (χ4n) is 2.09. The molecule has 1 N–H and O–H groups in total. The molecule has 0 aliphatic rings. The van der Waals surface area contributed by atoms with Gasteiger partial charge in [0.2, 0.25) is 0 Å². The van der Waals surface area contributed by atoms with E-state index in [9.17, 15) is 5.11 Å². The predicted octanol–water partition coefficient (Wildman–Crippen LogP) is 5.33. The normalized spacial score (nSPS) is 11.1. The molecule has 0 aliphatic carbocycles. The number of phenolic OH excluding ortho intramolecular Hbond substituents is 1. The largest absolute Gasteiger partial charge is 0.506 e. The van der Waals surface area contributed by atoms with Crippen LogP contribution in [0.1, 0.15) is 38.2 Å². The van der Waals surface area contributed by atoms with Crippen LogP contribution in [-0.2, 0) is 6.42 Å². The highest BCUT2D eigenvalue weighted by molar-refractivity contribution is 5.52. The van der Waals surface area contributed by atoms with Crippen LogP contribution in [0.4, 0.5) is 11.4 Å². The van der Waals surface area contributed by atoms with Crippen LogP contribution in [0, 0.1) is 0 Å². The Balaban J connectivity index is 2.03. The van der Waals surface area contributed by atoms with E-state index < -0.39 is 0 Å². The Morgan fingerprint density at radius 2 is 2.00 bits per heavy atom. The number of hydrogen-bond acceptors (Lipinski definition) is 4. The average Bonchev–Trinajstić information content (AvgIpc) is 2.53. The van der Waals surface area contributed by atoms with Crippen LogP contribution in [0.5, 0.6) is 5.75 Å². The van der Waals surface area contributed by atoms with Gasteiger partial charge < -0.3 is 5.11 Å². The molecule has 2 rings (SSSR count). The van der Waals surface area contributed by atoms with Gasteiger partial charge in [0, 0.05) is 6.20 Å². The first-order valence-corrected chi connectivity index (χ1v) is 7.43. The number of aromatic nitrogens is 1. The Labute approximate surface area is 125 Å². The molecule has 0 unspecified atom stereocenters. The minimum Gasteiger partial charge on any atom is -0.506 e. The van der Waals surface area contributed by atoms with Gasteiger partial charge in [-0.05, 0) is 42.7 Å². The van der Waals surface area contributed by atoms with Gasteiger partial charge in [0.05, 0.1) is 6.20 Å². The molecule has 2 aromatic rings. The number of phenols is 1. The Hall–Kier alpha value is -2.23. The third-order valence-corrected chi connectivity index (χ3v) is 3.28. The number of rotatable bonds is 7. The van der Waals surface area contributed by atoms with Gasteiger partial charge in [-0.3, -0.25) is 4.98 Å². The van der Waals surface area contributed by atoms with Crippen LogP contribution >= 0.6 is 0 Å². The summed E-state index contributed by atoms with van der Waals surface area (Å²) < 4.78 is 0. The van der Waals surface area contributed by atoms with Gasteiger partial charge in [0.1, 0.15) is 17.1 Å². The molecule has 0 fully saturated rings. The summed E-state index contributed by atoms with van der Waals surface area (Å²) in [5.41, 5.74) is 2.36. The highest BCUT2D eigenvalue weighted by atomic mass is 16.3. The molecule has 0 atom stereocenters. The first kappa shape index (κ1) is 15.2. The fraction of sp³-hybridized carbons (Fsp3) is 0.353. The van der Waals surface area contributed by atoms with Crippen molar-refractivity contribution in [2.45, 2.75) is 39.0 Å². The number of pyridine rings is 1. The van der Waals surface area contributed by atoms with E-state index in [1.807, 2.05) is 18.2 Å². The van der Waals surface area contributed by atoms with Crippen LogP contribution < -0.4 is 0 Å². The number of nitrogens with zero attached hydrogens (tertiary/aromatic N) is 3. The summed E-state index contributed by atoms with van der Waals surface area (Å²) in [5, 5.41) is 18.1. The Kier molecular flexibility index (Phi) is 5.88. The van der Waals surface area contributed by atoms with Crippen LogP contribution in [0.3, 0.4) is 0 Å². The third kappa shape index (κ3) is 4.99. The molecule has 0 amide bonds. The molecule has 0 bridgehead atoms. The van der Waals surface area contributed by atoms with E-state index in [0.29, 0.717) is 11.4 Å². The second-order valence-electron chi connectivity index (χ2n) is 5.04. The second-order valence-corrected chi connectivity index (χ2v) is 5.04. The van der Waals surface area contributed by atoms with E-state index in [-0.39, 0.29) is 5.75 Å². The lowest BCUT2D eigenvalue weighted by Gasteiger charge is -2.04. The quantitative estimate of drug-likeness (QED) is 0.552. The van der Waals surface area contributed by atoms with E-state index in [1.165, 1.54) is 24.8 Å². The first-order chi connectivity index (χ1) is 10.3. The Morgan fingerprint density at radius 1 is 1.10 bits per heavy atom. The lowest BCUT2D eigenvalue weighted by atomic mass is 10.1. The molecular weight excluding hydrogens is 262 g/mol. The summed E-state index contributed by atoms with van der Waals surface area (Å²) in [6.07, 6.45) is 9.24. The van der Waals surface area contributed by atoms with E-state index in [2.05, 4.69) is 22.1 Å². The number of benzene rings is 1. The number of aromatic hydroxyl groups is 1. The first-order valence-electron chi connectivity index (χ1n) is 7.43. The minimum atomic E-state index is 0.153. The van der Waals surface area contributed by atoms with Gasteiger partial charge in [-0.25, -0.2) is 0 Å². The zero-order valence-corrected chi connectivity index (χ0v) is 12.4. The molecular formula is C17H21N3O. The van der Waals surface area contributed by atoms with Crippen molar-refractivity contribution >= 4 is 11.4 Å². The van der Waals surface area contributed by atoms with Crippen molar-refractivity contribution in [3.63, 3.8) is 0 Å². The van der Waals surface area contributed by atoms with Crippen LogP contribution in [0.15, 0.2) is 53.0 Å². The van der Waals surface area contributed by atoms with Crippen molar-refractivity contribution in [1.29, 1.82) is 0 Å². The van der Waals surface area contributed by atoms with Crippen molar-refractivity contribution in [3.8, 4) is 5.75 Å². The van der Waals surface area contributed by atoms with Crippen molar-refractivity contribution in [1.82, 2.24) is 4.98 Å². The monoisotopic (exact) mass is 283 g/mol. The van der Waals surface area contributed by atoms with Gasteiger partial charge in [-0.15, -0.1) is 10.2 Å². The van der Waals surface area contributed by atoms with Crippen molar-refractivity contribution in [2.24, 2.45) is 10.2 Å². The van der Waals surface area contributed by atoms with E-state index in [0.717, 1.165) is 12.8 Å². The van der Waals surface area contributed by atoms with Gasteiger partial charge in [0.15, 0.2) is 0 Å². The number of hydrogen-bond donors (Lipinski definition) is 1. The Bertz CT molecular complexity index is 582. The van der Waals surface area contributed by atoms with Crippen LogP contribution in [0.2, 0.25) is 0 Å². The lowest BCUT2D eigenvalue weighted by molar-refractivity contribution is 0.476. The molecule has 110 valence electrons. The van der Waals surface area contributed by atoms with Crippen molar-refractivity contribution in [3.05, 3.63) is 48.3 Å². The zero-order chi connectivity index (χ0) is 14.9. The summed E-state index contributed by atoms with van der Waals surface area (Å²) in [7, 11) is 0. The molecule has 1 heterocycles. The minimum absolute atomic E-state index is 0.153. The van der Waals surface area contributed by atoms with E-state index in [4.69, 9.17) is 0 Å². The molecule has 0 radical (unpaired) electrons. The molecule has 0 saturated heterocycles. The number of aryl methyl sites for hydroxylation is 1. The molecule has 4 heteroatoms. The number of azo groups is 1. The standard InChI is InChI=1S/C17H21N3O/c1-2-3-4-5-7-14-9-10-17(21)16(12-14)20-19-15-8-6-11-18-13-15/h6,8-13,21H,2-5,7H2,1H3.